The summed E-state index contributed by atoms with van der Waals surface area (Å²) in [4.78, 5) is 12.5. The van der Waals surface area contributed by atoms with Crippen LogP contribution in [0.3, 0.4) is 0 Å². The first-order valence-corrected chi connectivity index (χ1v) is 9.82. The molecule has 1 N–H and O–H groups in total. The average molecular weight is 436 g/mol. The van der Waals surface area contributed by atoms with E-state index < -0.39 is 22.9 Å². The van der Waals surface area contributed by atoms with Gasteiger partial charge in [0.05, 0.1) is 22.6 Å². The lowest BCUT2D eigenvalue weighted by molar-refractivity contribution is -0.137. The number of thioether (sulfide) groups is 1. The predicted molar refractivity (Wildman–Crippen MR) is 108 cm³/mol. The zero-order chi connectivity index (χ0) is 21.9. The van der Waals surface area contributed by atoms with Crippen LogP contribution in [0.15, 0.2) is 58.8 Å². The third-order valence-corrected chi connectivity index (χ3v) is 5.32. The number of amides is 1. The first-order valence-electron chi connectivity index (χ1n) is 8.94. The lowest BCUT2D eigenvalue weighted by Gasteiger charge is -2.14. The van der Waals surface area contributed by atoms with Crippen molar-refractivity contribution in [1.29, 1.82) is 0 Å². The van der Waals surface area contributed by atoms with Crippen LogP contribution in [-0.4, -0.2) is 25.9 Å². The zero-order valence-electron chi connectivity index (χ0n) is 16.2. The fourth-order valence-corrected chi connectivity index (χ4v) is 3.57. The summed E-state index contributed by atoms with van der Waals surface area (Å²) >= 11 is 1.15. The maximum absolute atomic E-state index is 12.9. The van der Waals surface area contributed by atoms with Crippen LogP contribution in [0.2, 0.25) is 0 Å². The van der Waals surface area contributed by atoms with Crippen molar-refractivity contribution >= 4 is 23.4 Å². The Bertz CT molecular complexity index is 1060. The Hall–Kier alpha value is -3.01. The quantitative estimate of drug-likeness (QED) is 0.409. The van der Waals surface area contributed by atoms with Crippen LogP contribution < -0.4 is 5.32 Å². The molecular formula is C20H19F3N4O2S. The van der Waals surface area contributed by atoms with Crippen molar-refractivity contribution in [3.8, 4) is 11.4 Å². The number of nitrogens with zero attached hydrogens (tertiary/aromatic N) is 3. The molecule has 0 aliphatic heterocycles. The van der Waals surface area contributed by atoms with E-state index in [1.165, 1.54) is 12.1 Å². The Morgan fingerprint density at radius 1 is 1.37 bits per heavy atom. The summed E-state index contributed by atoms with van der Waals surface area (Å²) in [5, 5.41) is 10.7. The van der Waals surface area contributed by atoms with Crippen LogP contribution in [0.5, 0.6) is 0 Å². The molecule has 0 radical (unpaired) electrons. The first kappa shape index (κ1) is 21.7. The molecule has 1 aromatic carbocycles. The molecule has 3 aromatic rings. The molecule has 6 nitrogen and oxygen atoms in total. The molecule has 2 aromatic heterocycles. The maximum atomic E-state index is 12.9. The lowest BCUT2D eigenvalue weighted by atomic mass is 10.2. The molecular weight excluding hydrogens is 417 g/mol. The minimum Gasteiger partial charge on any atom is -0.469 e. The number of nitrogens with one attached hydrogen (secondary N) is 1. The highest BCUT2D eigenvalue weighted by Crippen LogP contribution is 2.32. The van der Waals surface area contributed by atoms with E-state index in [1.807, 2.05) is 0 Å². The molecule has 2 heterocycles. The second-order valence-electron chi connectivity index (χ2n) is 6.42. The van der Waals surface area contributed by atoms with E-state index in [0.29, 0.717) is 23.3 Å². The van der Waals surface area contributed by atoms with Gasteiger partial charge < -0.3 is 9.73 Å². The standard InChI is InChI=1S/C20H19F3N4O2S/c1-4-9-27-17(16-8-10-29-12(16)2)25-26-19(27)30-13(3)18(28)24-15-7-5-6-14(11-15)20(21,22)23/h4-8,10-11,13H,1,9H2,2-3H3,(H,24,28). The van der Waals surface area contributed by atoms with Gasteiger partial charge in [-0.1, -0.05) is 23.9 Å². The molecule has 1 unspecified atom stereocenters. The minimum atomic E-state index is -4.48. The number of aryl methyl sites for hydroxylation is 1. The van der Waals surface area contributed by atoms with Crippen molar-refractivity contribution in [1.82, 2.24) is 14.8 Å². The van der Waals surface area contributed by atoms with Gasteiger partial charge >= 0.3 is 6.18 Å². The highest BCUT2D eigenvalue weighted by atomic mass is 32.2. The molecule has 0 saturated carbocycles. The van der Waals surface area contributed by atoms with Crippen LogP contribution in [0.25, 0.3) is 11.4 Å². The van der Waals surface area contributed by atoms with Crippen LogP contribution in [-0.2, 0) is 17.5 Å². The normalized spacial score (nSPS) is 12.6. The van der Waals surface area contributed by atoms with Crippen LogP contribution in [0.4, 0.5) is 18.9 Å². The van der Waals surface area contributed by atoms with Crippen molar-refractivity contribution < 1.29 is 22.4 Å². The smallest absolute Gasteiger partial charge is 0.416 e. The molecule has 0 bridgehead atoms. The van der Waals surface area contributed by atoms with Crippen LogP contribution in [0, 0.1) is 6.92 Å². The molecule has 0 aliphatic rings. The summed E-state index contributed by atoms with van der Waals surface area (Å²) < 4.78 is 45.7. The summed E-state index contributed by atoms with van der Waals surface area (Å²) in [5.74, 6) is 0.808. The second kappa shape index (κ2) is 8.78. The van der Waals surface area contributed by atoms with Gasteiger partial charge in [0.2, 0.25) is 5.91 Å². The number of furan rings is 1. The van der Waals surface area contributed by atoms with E-state index in [0.717, 1.165) is 29.5 Å². The molecule has 1 atom stereocenters. The molecule has 3 rings (SSSR count). The molecule has 0 aliphatic carbocycles. The highest BCUT2D eigenvalue weighted by Gasteiger charge is 2.30. The maximum Gasteiger partial charge on any atom is 0.416 e. The van der Waals surface area contributed by atoms with Gasteiger partial charge in [-0.25, -0.2) is 0 Å². The van der Waals surface area contributed by atoms with E-state index in [9.17, 15) is 18.0 Å². The predicted octanol–water partition coefficient (Wildman–Crippen LogP) is 5.17. The van der Waals surface area contributed by atoms with Gasteiger partial charge in [-0.2, -0.15) is 13.2 Å². The highest BCUT2D eigenvalue weighted by molar-refractivity contribution is 8.00. The number of hydrogen-bond donors (Lipinski definition) is 1. The van der Waals surface area contributed by atoms with E-state index in [-0.39, 0.29) is 5.69 Å². The summed E-state index contributed by atoms with van der Waals surface area (Å²) in [6.45, 7) is 7.60. The van der Waals surface area contributed by atoms with Crippen molar-refractivity contribution in [2.24, 2.45) is 0 Å². The minimum absolute atomic E-state index is 0.0737. The van der Waals surface area contributed by atoms with Gasteiger partial charge in [0.25, 0.3) is 0 Å². The van der Waals surface area contributed by atoms with Gasteiger partial charge in [-0.3, -0.25) is 9.36 Å². The zero-order valence-corrected chi connectivity index (χ0v) is 17.0. The topological polar surface area (TPSA) is 73.0 Å². The second-order valence-corrected chi connectivity index (χ2v) is 7.73. The van der Waals surface area contributed by atoms with Gasteiger partial charge in [0.15, 0.2) is 11.0 Å². The first-order chi connectivity index (χ1) is 14.2. The van der Waals surface area contributed by atoms with Crippen molar-refractivity contribution in [2.75, 3.05) is 5.32 Å². The molecule has 0 saturated heterocycles. The number of benzene rings is 1. The Morgan fingerprint density at radius 3 is 2.77 bits per heavy atom. The Labute approximate surface area is 175 Å². The number of alkyl halides is 3. The average Bonchev–Trinajstić information content (AvgIpc) is 3.27. The van der Waals surface area contributed by atoms with E-state index in [1.54, 1.807) is 36.8 Å². The fraction of sp³-hybridized carbons (Fsp3) is 0.250. The van der Waals surface area contributed by atoms with Gasteiger partial charge in [-0.05, 0) is 38.1 Å². The third-order valence-electron chi connectivity index (χ3n) is 4.24. The van der Waals surface area contributed by atoms with Gasteiger partial charge in [0.1, 0.15) is 5.76 Å². The molecule has 0 spiro atoms. The number of carbonyl (C=O) groups is 1. The van der Waals surface area contributed by atoms with Crippen LogP contribution in [0.1, 0.15) is 18.2 Å². The number of anilines is 1. The number of carbonyl (C=O) groups excluding carboxylic acids is 1. The van der Waals surface area contributed by atoms with Gasteiger partial charge in [-0.15, -0.1) is 16.8 Å². The summed E-state index contributed by atoms with van der Waals surface area (Å²) in [7, 11) is 0. The summed E-state index contributed by atoms with van der Waals surface area (Å²) in [5.41, 5.74) is 0.0215. The fourth-order valence-electron chi connectivity index (χ4n) is 2.71. The molecule has 158 valence electrons. The van der Waals surface area contributed by atoms with Crippen molar-refractivity contribution in [2.45, 2.75) is 37.0 Å². The molecule has 0 fully saturated rings. The number of rotatable bonds is 7. The lowest BCUT2D eigenvalue weighted by Crippen LogP contribution is -2.23. The number of halogens is 3. The third kappa shape index (κ3) is 4.76. The molecule has 30 heavy (non-hydrogen) atoms. The van der Waals surface area contributed by atoms with Gasteiger partial charge in [0, 0.05) is 12.2 Å². The SMILES string of the molecule is C=CCn1c(SC(C)C(=O)Nc2cccc(C(F)(F)F)c2)nnc1-c1ccoc1C. The number of allylic oxidation sites excluding steroid dienone is 1. The molecule has 10 heteroatoms. The molecule has 1 amide bonds. The largest absolute Gasteiger partial charge is 0.469 e. The Kier molecular flexibility index (Phi) is 6.35. The number of aromatic nitrogens is 3. The Balaban J connectivity index is 1.77. The summed E-state index contributed by atoms with van der Waals surface area (Å²) in [6, 6.07) is 6.28. The van der Waals surface area contributed by atoms with E-state index in [4.69, 9.17) is 4.42 Å². The van der Waals surface area contributed by atoms with Crippen LogP contribution >= 0.6 is 11.8 Å². The summed E-state index contributed by atoms with van der Waals surface area (Å²) in [6.07, 6.45) is -1.25. The van der Waals surface area contributed by atoms with Crippen molar-refractivity contribution in [3.05, 3.63) is 60.6 Å². The number of hydrogen-bond acceptors (Lipinski definition) is 5. The van der Waals surface area contributed by atoms with Crippen molar-refractivity contribution in [3.63, 3.8) is 0 Å². The van der Waals surface area contributed by atoms with E-state index in [2.05, 4.69) is 22.1 Å². The Morgan fingerprint density at radius 2 is 2.13 bits per heavy atom. The monoisotopic (exact) mass is 436 g/mol. The van der Waals surface area contributed by atoms with E-state index >= 15 is 0 Å².